The fraction of sp³-hybridized carbons (Fsp3) is 0.625. The molecule has 2 aliphatic rings. The molecule has 3 heteroatoms. The number of hydrogen-bond acceptors (Lipinski definition) is 2. The summed E-state index contributed by atoms with van der Waals surface area (Å²) in [5.74, 6) is 1.04. The largest absolute Gasteiger partial charge is 0.495 e. The Morgan fingerprint density at radius 2 is 2.05 bits per heavy atom. The first-order valence-electron chi connectivity index (χ1n) is 7.29. The lowest BCUT2D eigenvalue weighted by atomic mass is 9.83. The summed E-state index contributed by atoms with van der Waals surface area (Å²) in [6.07, 6.45) is 7.43. The molecule has 2 nitrogen and oxygen atoms in total. The van der Waals surface area contributed by atoms with E-state index in [1.807, 2.05) is 0 Å². The van der Waals surface area contributed by atoms with E-state index in [0.29, 0.717) is 0 Å². The molecule has 1 aliphatic heterocycles. The van der Waals surface area contributed by atoms with Crippen LogP contribution < -0.4 is 10.1 Å². The lowest BCUT2D eigenvalue weighted by Gasteiger charge is -2.30. The normalized spacial score (nSPS) is 26.3. The van der Waals surface area contributed by atoms with Crippen LogP contribution in [-0.2, 0) is 18.4 Å². The molecule has 1 N–H and O–H groups in total. The van der Waals surface area contributed by atoms with Crippen LogP contribution in [0.5, 0.6) is 5.75 Å². The molecule has 1 atom stereocenters. The molecule has 1 fully saturated rings. The minimum atomic E-state index is 0.0698. The summed E-state index contributed by atoms with van der Waals surface area (Å²) in [6.45, 7) is 3.41. The molecule has 0 radical (unpaired) electrons. The average molecular weight is 324 g/mol. The fourth-order valence-corrected chi connectivity index (χ4v) is 4.40. The van der Waals surface area contributed by atoms with Gasteiger partial charge in [-0.25, -0.2) is 0 Å². The second-order valence-electron chi connectivity index (χ2n) is 5.98. The van der Waals surface area contributed by atoms with E-state index >= 15 is 0 Å². The maximum absolute atomic E-state index is 5.73. The van der Waals surface area contributed by atoms with Crippen LogP contribution in [0.3, 0.4) is 0 Å². The van der Waals surface area contributed by atoms with Crippen molar-refractivity contribution in [2.75, 3.05) is 13.7 Å². The Labute approximate surface area is 124 Å². The summed E-state index contributed by atoms with van der Waals surface area (Å²) in [5, 5.41) is 3.66. The Bertz CT molecular complexity index is 492. The number of nitrogens with one attached hydrogen (secondary N) is 1. The molecule has 1 unspecified atom stereocenters. The second kappa shape index (κ2) is 5.10. The van der Waals surface area contributed by atoms with Gasteiger partial charge < -0.3 is 10.1 Å². The molecule has 1 saturated heterocycles. The van der Waals surface area contributed by atoms with Gasteiger partial charge in [0.25, 0.3) is 0 Å². The van der Waals surface area contributed by atoms with Gasteiger partial charge in [-0.1, -0.05) is 0 Å². The number of fused-ring (bicyclic) bond motifs is 1. The van der Waals surface area contributed by atoms with Gasteiger partial charge in [0.2, 0.25) is 0 Å². The Hall–Kier alpha value is -0.540. The molecule has 0 aromatic heterocycles. The van der Waals surface area contributed by atoms with E-state index in [2.05, 4.69) is 34.2 Å². The molecule has 1 aromatic carbocycles. The standard InChI is InChI=1S/C16H22BrNO/c1-16(8-5-9-18-16)13-10-11-6-3-4-7-12(11)14(17)15(13)19-2/h10,18H,3-9H2,1-2H3. The summed E-state index contributed by atoms with van der Waals surface area (Å²) in [7, 11) is 1.79. The number of benzene rings is 1. The molecular formula is C16H22BrNO. The van der Waals surface area contributed by atoms with Crippen molar-refractivity contribution in [2.45, 2.75) is 51.0 Å². The Kier molecular flexibility index (Phi) is 3.61. The van der Waals surface area contributed by atoms with Gasteiger partial charge in [-0.2, -0.15) is 0 Å². The number of ether oxygens (including phenoxy) is 1. The van der Waals surface area contributed by atoms with E-state index in [1.54, 1.807) is 7.11 Å². The Morgan fingerprint density at radius 1 is 1.26 bits per heavy atom. The minimum Gasteiger partial charge on any atom is -0.495 e. The van der Waals surface area contributed by atoms with Crippen LogP contribution in [0.4, 0.5) is 0 Å². The second-order valence-corrected chi connectivity index (χ2v) is 6.77. The maximum atomic E-state index is 5.73. The van der Waals surface area contributed by atoms with E-state index in [4.69, 9.17) is 4.74 Å². The monoisotopic (exact) mass is 323 g/mol. The quantitative estimate of drug-likeness (QED) is 0.890. The highest BCUT2D eigenvalue weighted by Crippen LogP contribution is 2.44. The summed E-state index contributed by atoms with van der Waals surface area (Å²) in [4.78, 5) is 0. The van der Waals surface area contributed by atoms with Gasteiger partial charge in [0.15, 0.2) is 0 Å². The molecule has 1 aliphatic carbocycles. The van der Waals surface area contributed by atoms with Crippen LogP contribution in [0.1, 0.15) is 49.3 Å². The van der Waals surface area contributed by atoms with Gasteiger partial charge in [0.1, 0.15) is 5.75 Å². The number of aryl methyl sites for hydroxylation is 1. The summed E-state index contributed by atoms with van der Waals surface area (Å²) in [6, 6.07) is 2.40. The zero-order chi connectivity index (χ0) is 13.5. The van der Waals surface area contributed by atoms with Crippen molar-refractivity contribution < 1.29 is 4.74 Å². The van der Waals surface area contributed by atoms with Gasteiger partial charge >= 0.3 is 0 Å². The molecular weight excluding hydrogens is 302 g/mol. The third-order valence-corrected chi connectivity index (χ3v) is 5.54. The number of halogens is 1. The van der Waals surface area contributed by atoms with E-state index < -0.39 is 0 Å². The van der Waals surface area contributed by atoms with Crippen LogP contribution in [0.25, 0.3) is 0 Å². The van der Waals surface area contributed by atoms with Crippen molar-refractivity contribution >= 4 is 15.9 Å². The van der Waals surface area contributed by atoms with Crippen LogP contribution in [0.2, 0.25) is 0 Å². The maximum Gasteiger partial charge on any atom is 0.138 e. The molecule has 104 valence electrons. The predicted molar refractivity (Wildman–Crippen MR) is 81.9 cm³/mol. The zero-order valence-corrected chi connectivity index (χ0v) is 13.4. The van der Waals surface area contributed by atoms with Crippen LogP contribution >= 0.6 is 15.9 Å². The lowest BCUT2D eigenvalue weighted by Crippen LogP contribution is -2.34. The van der Waals surface area contributed by atoms with Crippen molar-refractivity contribution in [3.05, 3.63) is 27.2 Å². The van der Waals surface area contributed by atoms with Gasteiger partial charge in [0, 0.05) is 11.1 Å². The first-order chi connectivity index (χ1) is 9.15. The molecule has 19 heavy (non-hydrogen) atoms. The molecule has 1 heterocycles. The Morgan fingerprint density at radius 3 is 2.74 bits per heavy atom. The van der Waals surface area contributed by atoms with E-state index in [-0.39, 0.29) is 5.54 Å². The SMILES string of the molecule is COc1c(C2(C)CCCN2)cc2c(c1Br)CCCC2. The van der Waals surface area contributed by atoms with Crippen molar-refractivity contribution in [3.63, 3.8) is 0 Å². The average Bonchev–Trinajstić information content (AvgIpc) is 2.87. The van der Waals surface area contributed by atoms with Crippen LogP contribution in [0.15, 0.2) is 10.5 Å². The predicted octanol–water partition coefficient (Wildman–Crippen LogP) is 3.94. The van der Waals surface area contributed by atoms with E-state index in [0.717, 1.165) is 12.3 Å². The van der Waals surface area contributed by atoms with Gasteiger partial charge in [0.05, 0.1) is 11.6 Å². The first-order valence-corrected chi connectivity index (χ1v) is 8.09. The van der Waals surface area contributed by atoms with Crippen LogP contribution in [-0.4, -0.2) is 13.7 Å². The lowest BCUT2D eigenvalue weighted by molar-refractivity contribution is 0.367. The van der Waals surface area contributed by atoms with Crippen molar-refractivity contribution in [1.82, 2.24) is 5.32 Å². The third kappa shape index (κ3) is 2.21. The van der Waals surface area contributed by atoms with Gasteiger partial charge in [-0.3, -0.25) is 0 Å². The first kappa shape index (κ1) is 13.4. The van der Waals surface area contributed by atoms with Crippen molar-refractivity contribution in [3.8, 4) is 5.75 Å². The highest BCUT2D eigenvalue weighted by molar-refractivity contribution is 9.10. The van der Waals surface area contributed by atoms with Crippen molar-refractivity contribution in [1.29, 1.82) is 0 Å². The summed E-state index contributed by atoms with van der Waals surface area (Å²) < 4.78 is 6.92. The topological polar surface area (TPSA) is 21.3 Å². The molecule has 0 saturated carbocycles. The summed E-state index contributed by atoms with van der Waals surface area (Å²) in [5.41, 5.74) is 4.39. The van der Waals surface area contributed by atoms with Crippen LogP contribution in [0, 0.1) is 0 Å². The Balaban J connectivity index is 2.15. The number of rotatable bonds is 2. The number of methoxy groups -OCH3 is 1. The van der Waals surface area contributed by atoms with E-state index in [9.17, 15) is 0 Å². The van der Waals surface area contributed by atoms with Crippen molar-refractivity contribution in [2.24, 2.45) is 0 Å². The molecule has 1 aromatic rings. The highest BCUT2D eigenvalue weighted by atomic mass is 79.9. The van der Waals surface area contributed by atoms with E-state index in [1.165, 1.54) is 59.7 Å². The molecule has 0 amide bonds. The fourth-order valence-electron chi connectivity index (χ4n) is 3.57. The minimum absolute atomic E-state index is 0.0698. The molecule has 0 spiro atoms. The highest BCUT2D eigenvalue weighted by Gasteiger charge is 2.35. The smallest absolute Gasteiger partial charge is 0.138 e. The molecule has 3 rings (SSSR count). The third-order valence-electron chi connectivity index (χ3n) is 4.71. The van der Waals surface area contributed by atoms with Gasteiger partial charge in [-0.05, 0) is 85.1 Å². The van der Waals surface area contributed by atoms with Gasteiger partial charge in [-0.15, -0.1) is 0 Å². The number of hydrogen-bond donors (Lipinski definition) is 1. The summed E-state index contributed by atoms with van der Waals surface area (Å²) >= 11 is 3.80. The molecule has 0 bridgehead atoms. The zero-order valence-electron chi connectivity index (χ0n) is 11.8.